The Morgan fingerprint density at radius 2 is 2.00 bits per heavy atom. The summed E-state index contributed by atoms with van der Waals surface area (Å²) in [5.74, 6) is 0.00377. The van der Waals surface area contributed by atoms with Crippen LogP contribution < -0.4 is 0 Å². The molecule has 0 fully saturated rings. The Hall–Kier alpha value is -2.31. The number of carbonyl (C=O) groups excluding carboxylic acids is 1. The summed E-state index contributed by atoms with van der Waals surface area (Å²) in [7, 11) is 1.78. The van der Waals surface area contributed by atoms with E-state index in [-0.39, 0.29) is 12.3 Å². The van der Waals surface area contributed by atoms with Crippen molar-refractivity contribution in [2.75, 3.05) is 13.6 Å². The van der Waals surface area contributed by atoms with Crippen LogP contribution in [0.5, 0.6) is 0 Å². The molecule has 152 valence electrons. The largest absolute Gasteiger partial charge is 0.435 e. The second kappa shape index (κ2) is 8.37. The van der Waals surface area contributed by atoms with Gasteiger partial charge in [0.25, 0.3) is 0 Å². The summed E-state index contributed by atoms with van der Waals surface area (Å²) in [6, 6.07) is 7.12. The van der Waals surface area contributed by atoms with Crippen LogP contribution in [-0.2, 0) is 30.2 Å². The minimum absolute atomic E-state index is 0.00377. The maximum atomic E-state index is 13.4. The van der Waals surface area contributed by atoms with Crippen LogP contribution in [0.15, 0.2) is 24.3 Å². The maximum absolute atomic E-state index is 13.4. The summed E-state index contributed by atoms with van der Waals surface area (Å²) in [6.45, 7) is 2.78. The van der Waals surface area contributed by atoms with Crippen molar-refractivity contribution in [3.63, 3.8) is 0 Å². The molecular formula is C21H26F3N3O. The number of alkyl halides is 3. The zero-order valence-electron chi connectivity index (χ0n) is 16.4. The zero-order chi connectivity index (χ0) is 20.3. The molecule has 28 heavy (non-hydrogen) atoms. The lowest BCUT2D eigenvalue weighted by Crippen LogP contribution is -2.29. The summed E-state index contributed by atoms with van der Waals surface area (Å²) in [5, 5.41) is 3.93. The predicted octanol–water partition coefficient (Wildman–Crippen LogP) is 4.57. The van der Waals surface area contributed by atoms with Crippen LogP contribution in [0.1, 0.15) is 55.1 Å². The number of hydrogen-bond donors (Lipinski definition) is 0. The van der Waals surface area contributed by atoms with E-state index in [4.69, 9.17) is 0 Å². The first kappa shape index (κ1) is 20.4. The molecule has 0 aliphatic heterocycles. The molecule has 0 radical (unpaired) electrons. The Balaban J connectivity index is 1.88. The highest BCUT2D eigenvalue weighted by Crippen LogP contribution is 2.36. The summed E-state index contributed by atoms with van der Waals surface area (Å²) in [6.07, 6.45) is 0.329. The van der Waals surface area contributed by atoms with Gasteiger partial charge in [-0.3, -0.25) is 4.79 Å². The van der Waals surface area contributed by atoms with Crippen LogP contribution >= 0.6 is 0 Å². The number of aromatic nitrogens is 2. The summed E-state index contributed by atoms with van der Waals surface area (Å²) < 4.78 is 41.7. The van der Waals surface area contributed by atoms with Gasteiger partial charge in [-0.2, -0.15) is 18.3 Å². The lowest BCUT2D eigenvalue weighted by atomic mass is 9.95. The number of hydrogen-bond acceptors (Lipinski definition) is 2. The Kier molecular flexibility index (Phi) is 6.10. The average Bonchev–Trinajstić information content (AvgIpc) is 3.06. The molecule has 4 nitrogen and oxygen atoms in total. The molecule has 0 saturated carbocycles. The fourth-order valence-corrected chi connectivity index (χ4v) is 3.67. The highest BCUT2D eigenvalue weighted by Gasteiger charge is 2.39. The molecule has 0 spiro atoms. The highest BCUT2D eigenvalue weighted by molar-refractivity contribution is 5.78. The fourth-order valence-electron chi connectivity index (χ4n) is 3.67. The molecule has 1 aromatic carbocycles. The van der Waals surface area contributed by atoms with Crippen molar-refractivity contribution in [3.05, 3.63) is 46.8 Å². The van der Waals surface area contributed by atoms with Crippen LogP contribution in [0.2, 0.25) is 0 Å². The minimum Gasteiger partial charge on any atom is -0.345 e. The zero-order valence-corrected chi connectivity index (χ0v) is 16.4. The molecule has 0 unspecified atom stereocenters. The van der Waals surface area contributed by atoms with Crippen molar-refractivity contribution in [3.8, 4) is 5.69 Å². The van der Waals surface area contributed by atoms with E-state index in [2.05, 4.69) is 12.0 Å². The van der Waals surface area contributed by atoms with Gasteiger partial charge in [0.05, 0.1) is 12.1 Å². The number of carbonyl (C=O) groups is 1. The Morgan fingerprint density at radius 1 is 1.25 bits per heavy atom. The van der Waals surface area contributed by atoms with Gasteiger partial charge < -0.3 is 4.90 Å². The number of fused-ring (bicyclic) bond motifs is 1. The van der Waals surface area contributed by atoms with Gasteiger partial charge in [0.15, 0.2) is 5.69 Å². The van der Waals surface area contributed by atoms with Gasteiger partial charge in [0.1, 0.15) is 0 Å². The number of rotatable bonds is 6. The monoisotopic (exact) mass is 393 g/mol. The molecule has 0 bridgehead atoms. The first-order valence-electron chi connectivity index (χ1n) is 9.82. The third kappa shape index (κ3) is 4.39. The van der Waals surface area contributed by atoms with E-state index in [9.17, 15) is 18.0 Å². The first-order chi connectivity index (χ1) is 13.3. The topological polar surface area (TPSA) is 38.1 Å². The van der Waals surface area contributed by atoms with Crippen LogP contribution in [-0.4, -0.2) is 34.2 Å². The molecule has 7 heteroatoms. The van der Waals surface area contributed by atoms with E-state index in [0.29, 0.717) is 36.3 Å². The summed E-state index contributed by atoms with van der Waals surface area (Å²) in [5.41, 5.74) is 1.54. The maximum Gasteiger partial charge on any atom is 0.435 e. The van der Waals surface area contributed by atoms with Crippen molar-refractivity contribution in [2.24, 2.45) is 0 Å². The molecule has 0 atom stereocenters. The number of likely N-dealkylation sites (N-methyl/N-ethyl adjacent to an activating group) is 1. The van der Waals surface area contributed by atoms with Crippen LogP contribution in [0.3, 0.4) is 0 Å². The van der Waals surface area contributed by atoms with Crippen LogP contribution in [0, 0.1) is 0 Å². The lowest BCUT2D eigenvalue weighted by Gasteiger charge is -2.17. The average molecular weight is 393 g/mol. The number of unbranched alkanes of at least 4 members (excludes halogenated alkanes) is 1. The van der Waals surface area contributed by atoms with Crippen LogP contribution in [0.4, 0.5) is 13.2 Å². The van der Waals surface area contributed by atoms with E-state index in [1.54, 1.807) is 30.1 Å². The number of nitrogens with zero attached hydrogens (tertiary/aromatic N) is 3. The van der Waals surface area contributed by atoms with Gasteiger partial charge in [0, 0.05) is 24.8 Å². The minimum atomic E-state index is -4.46. The first-order valence-corrected chi connectivity index (χ1v) is 9.82. The molecule has 1 aliphatic rings. The molecule has 1 heterocycles. The second-order valence-electron chi connectivity index (χ2n) is 7.41. The van der Waals surface area contributed by atoms with E-state index in [1.807, 2.05) is 6.07 Å². The molecule has 1 aliphatic carbocycles. The standard InChI is InChI=1S/C21H26F3N3O/c1-3-4-12-26(2)19(28)14-15-8-7-9-16(13-15)27-18-11-6-5-10-17(18)20(25-27)21(22,23)24/h7-9,13H,3-6,10-12,14H2,1-2H3. The highest BCUT2D eigenvalue weighted by atomic mass is 19.4. The van der Waals surface area contributed by atoms with E-state index < -0.39 is 11.9 Å². The fraction of sp³-hybridized carbons (Fsp3) is 0.524. The molecule has 0 saturated heterocycles. The van der Waals surface area contributed by atoms with Crippen molar-refractivity contribution < 1.29 is 18.0 Å². The molecule has 0 N–H and O–H groups in total. The van der Waals surface area contributed by atoms with E-state index in [1.165, 1.54) is 4.68 Å². The van der Waals surface area contributed by atoms with Crippen molar-refractivity contribution >= 4 is 5.91 Å². The van der Waals surface area contributed by atoms with Gasteiger partial charge in [-0.1, -0.05) is 25.5 Å². The lowest BCUT2D eigenvalue weighted by molar-refractivity contribution is -0.142. The normalized spacial score (nSPS) is 14.0. The van der Waals surface area contributed by atoms with Gasteiger partial charge in [-0.15, -0.1) is 0 Å². The quantitative estimate of drug-likeness (QED) is 0.721. The summed E-state index contributed by atoms with van der Waals surface area (Å²) in [4.78, 5) is 14.1. The number of halogens is 3. The third-order valence-electron chi connectivity index (χ3n) is 5.23. The smallest absolute Gasteiger partial charge is 0.345 e. The van der Waals surface area contributed by atoms with Crippen LogP contribution in [0.25, 0.3) is 5.69 Å². The van der Waals surface area contributed by atoms with Crippen molar-refractivity contribution in [1.82, 2.24) is 14.7 Å². The number of benzene rings is 1. The molecule has 1 amide bonds. The predicted molar refractivity (Wildman–Crippen MR) is 101 cm³/mol. The summed E-state index contributed by atoms with van der Waals surface area (Å²) >= 11 is 0. The second-order valence-corrected chi connectivity index (χ2v) is 7.41. The third-order valence-corrected chi connectivity index (χ3v) is 5.23. The van der Waals surface area contributed by atoms with Gasteiger partial charge in [0.2, 0.25) is 5.91 Å². The number of amides is 1. The Labute approximate surface area is 163 Å². The molecular weight excluding hydrogens is 367 g/mol. The Bertz CT molecular complexity index is 842. The molecule has 2 aromatic rings. The Morgan fingerprint density at radius 3 is 2.71 bits per heavy atom. The van der Waals surface area contributed by atoms with Gasteiger partial charge >= 0.3 is 6.18 Å². The van der Waals surface area contributed by atoms with E-state index >= 15 is 0 Å². The van der Waals surface area contributed by atoms with Crippen molar-refractivity contribution in [2.45, 2.75) is 58.0 Å². The van der Waals surface area contributed by atoms with Crippen molar-refractivity contribution in [1.29, 1.82) is 0 Å². The molecule has 1 aromatic heterocycles. The van der Waals surface area contributed by atoms with Gasteiger partial charge in [-0.25, -0.2) is 4.68 Å². The molecule has 3 rings (SSSR count). The van der Waals surface area contributed by atoms with Gasteiger partial charge in [-0.05, 0) is 49.8 Å². The SMILES string of the molecule is CCCCN(C)C(=O)Cc1cccc(-n2nc(C(F)(F)F)c3c2CCCC3)c1. The van der Waals surface area contributed by atoms with E-state index in [0.717, 1.165) is 31.2 Å².